The van der Waals surface area contributed by atoms with Gasteiger partial charge in [-0.2, -0.15) is 0 Å². The second-order valence-electron chi connectivity index (χ2n) is 4.28. The van der Waals surface area contributed by atoms with E-state index in [1.54, 1.807) is 0 Å². The lowest BCUT2D eigenvalue weighted by molar-refractivity contribution is -0.384. The molecule has 2 rings (SSSR count). The molecular weight excluding hydrogens is 236 g/mol. The highest BCUT2D eigenvalue weighted by Gasteiger charge is 2.28. The van der Waals surface area contributed by atoms with Crippen LogP contribution in [0.1, 0.15) is 17.3 Å². The first-order chi connectivity index (χ1) is 8.58. The van der Waals surface area contributed by atoms with Gasteiger partial charge >= 0.3 is 5.97 Å². The Labute approximate surface area is 104 Å². The summed E-state index contributed by atoms with van der Waals surface area (Å²) in [5, 5.41) is 10.5. The number of carbonyl (C=O) groups excluding carboxylic acids is 1. The molecule has 2 atom stereocenters. The molecule has 1 unspecified atom stereocenters. The van der Waals surface area contributed by atoms with Gasteiger partial charge in [0.15, 0.2) is 0 Å². The second-order valence-corrected chi connectivity index (χ2v) is 4.28. The van der Waals surface area contributed by atoms with E-state index in [-0.39, 0.29) is 5.69 Å². The van der Waals surface area contributed by atoms with Crippen LogP contribution in [0.15, 0.2) is 24.3 Å². The number of hydrogen-bond donors (Lipinski definition) is 0. The summed E-state index contributed by atoms with van der Waals surface area (Å²) in [4.78, 5) is 23.7. The summed E-state index contributed by atoms with van der Waals surface area (Å²) in [5.74, 6) is -0.445. The standard InChI is InChI=1S/C12H14N2O4/c1-9-8-13(9)6-7-18-12(15)10-2-4-11(5-3-10)14(16)17/h2-5,9H,6-8H2,1H3/t9-,13?/m1/s1. The van der Waals surface area contributed by atoms with E-state index in [1.807, 2.05) is 0 Å². The van der Waals surface area contributed by atoms with Crippen molar-refractivity contribution in [1.29, 1.82) is 0 Å². The molecule has 0 bridgehead atoms. The molecule has 0 aliphatic carbocycles. The van der Waals surface area contributed by atoms with Crippen molar-refractivity contribution in [3.8, 4) is 0 Å². The van der Waals surface area contributed by atoms with Gasteiger partial charge in [0, 0.05) is 31.3 Å². The van der Waals surface area contributed by atoms with Crippen molar-refractivity contribution in [3.63, 3.8) is 0 Å². The Kier molecular flexibility index (Phi) is 3.57. The number of non-ortho nitro benzene ring substituents is 1. The van der Waals surface area contributed by atoms with E-state index in [1.165, 1.54) is 24.3 Å². The Morgan fingerprint density at radius 3 is 2.61 bits per heavy atom. The van der Waals surface area contributed by atoms with Gasteiger partial charge in [-0.05, 0) is 19.1 Å². The third-order valence-corrected chi connectivity index (χ3v) is 2.91. The normalized spacial score (nSPS) is 21.4. The molecule has 0 saturated carbocycles. The lowest BCUT2D eigenvalue weighted by Crippen LogP contribution is -2.14. The summed E-state index contributed by atoms with van der Waals surface area (Å²) in [6, 6.07) is 5.98. The molecule has 0 radical (unpaired) electrons. The topological polar surface area (TPSA) is 72.5 Å². The van der Waals surface area contributed by atoms with Crippen molar-refractivity contribution < 1.29 is 14.5 Å². The SMILES string of the molecule is C[C@@H]1CN1CCOC(=O)c1ccc([N+](=O)[O-])cc1. The molecule has 0 amide bonds. The number of nitro benzene ring substituents is 1. The zero-order valence-electron chi connectivity index (χ0n) is 10.0. The van der Waals surface area contributed by atoms with E-state index in [4.69, 9.17) is 4.74 Å². The van der Waals surface area contributed by atoms with Crippen molar-refractivity contribution >= 4 is 11.7 Å². The van der Waals surface area contributed by atoms with Gasteiger partial charge in [-0.25, -0.2) is 4.79 Å². The average Bonchev–Trinajstić information content (AvgIpc) is 3.05. The minimum absolute atomic E-state index is 0.0375. The van der Waals surface area contributed by atoms with E-state index in [0.29, 0.717) is 18.2 Å². The van der Waals surface area contributed by atoms with Gasteiger partial charge in [-0.15, -0.1) is 0 Å². The number of carbonyl (C=O) groups is 1. The fourth-order valence-electron chi connectivity index (χ4n) is 1.66. The smallest absolute Gasteiger partial charge is 0.338 e. The van der Waals surface area contributed by atoms with Crippen molar-refractivity contribution in [3.05, 3.63) is 39.9 Å². The first kappa shape index (κ1) is 12.5. The summed E-state index contributed by atoms with van der Waals surface area (Å²) < 4.78 is 5.08. The van der Waals surface area contributed by atoms with Crippen LogP contribution in [-0.2, 0) is 4.74 Å². The quantitative estimate of drug-likeness (QED) is 0.342. The molecule has 18 heavy (non-hydrogen) atoms. The molecule has 1 aliphatic heterocycles. The third kappa shape index (κ3) is 3.04. The van der Waals surface area contributed by atoms with E-state index in [2.05, 4.69) is 11.8 Å². The molecule has 1 aromatic rings. The van der Waals surface area contributed by atoms with Gasteiger partial charge in [0.2, 0.25) is 0 Å². The van der Waals surface area contributed by atoms with Crippen LogP contribution < -0.4 is 0 Å². The molecule has 6 nitrogen and oxygen atoms in total. The van der Waals surface area contributed by atoms with Crippen LogP contribution >= 0.6 is 0 Å². The monoisotopic (exact) mass is 250 g/mol. The molecule has 96 valence electrons. The molecular formula is C12H14N2O4. The number of nitrogens with zero attached hydrogens (tertiary/aromatic N) is 2. The number of ether oxygens (including phenoxy) is 1. The fourth-order valence-corrected chi connectivity index (χ4v) is 1.66. The summed E-state index contributed by atoms with van der Waals surface area (Å²) in [7, 11) is 0. The maximum absolute atomic E-state index is 11.6. The van der Waals surface area contributed by atoms with E-state index in [9.17, 15) is 14.9 Å². The molecule has 1 saturated heterocycles. The van der Waals surface area contributed by atoms with Gasteiger partial charge < -0.3 is 4.74 Å². The maximum Gasteiger partial charge on any atom is 0.338 e. The van der Waals surface area contributed by atoms with E-state index >= 15 is 0 Å². The minimum atomic E-state index is -0.503. The van der Waals surface area contributed by atoms with E-state index in [0.717, 1.165) is 13.1 Å². The first-order valence-corrected chi connectivity index (χ1v) is 5.73. The number of hydrogen-bond acceptors (Lipinski definition) is 5. The van der Waals surface area contributed by atoms with Crippen LogP contribution in [-0.4, -0.2) is 41.5 Å². The van der Waals surface area contributed by atoms with E-state index < -0.39 is 10.9 Å². The maximum atomic E-state index is 11.6. The largest absolute Gasteiger partial charge is 0.461 e. The third-order valence-electron chi connectivity index (χ3n) is 2.91. The summed E-state index contributed by atoms with van der Waals surface area (Å²) in [5.41, 5.74) is 0.295. The van der Waals surface area contributed by atoms with Crippen molar-refractivity contribution in [1.82, 2.24) is 4.90 Å². The number of rotatable bonds is 5. The van der Waals surface area contributed by atoms with Crippen LogP contribution in [0.5, 0.6) is 0 Å². The molecule has 0 aromatic heterocycles. The van der Waals surface area contributed by atoms with Gasteiger partial charge in [-0.3, -0.25) is 15.0 Å². The lowest BCUT2D eigenvalue weighted by Gasteiger charge is -2.05. The first-order valence-electron chi connectivity index (χ1n) is 5.73. The fraction of sp³-hybridized carbons (Fsp3) is 0.417. The van der Waals surface area contributed by atoms with Crippen molar-refractivity contribution in [2.75, 3.05) is 19.7 Å². The summed E-state index contributed by atoms with van der Waals surface area (Å²) in [6.07, 6.45) is 0. The highest BCUT2D eigenvalue weighted by atomic mass is 16.6. The zero-order chi connectivity index (χ0) is 13.1. The van der Waals surface area contributed by atoms with Gasteiger partial charge in [0.25, 0.3) is 5.69 Å². The highest BCUT2D eigenvalue weighted by molar-refractivity contribution is 5.89. The Hall–Kier alpha value is -1.95. The molecule has 1 aliphatic rings. The molecule has 0 N–H and O–H groups in total. The highest BCUT2D eigenvalue weighted by Crippen LogP contribution is 2.15. The summed E-state index contributed by atoms with van der Waals surface area (Å²) >= 11 is 0. The predicted octanol–water partition coefficient (Wildman–Crippen LogP) is 1.46. The van der Waals surface area contributed by atoms with Crippen LogP contribution in [0.4, 0.5) is 5.69 Å². The molecule has 0 spiro atoms. The van der Waals surface area contributed by atoms with Gasteiger partial charge in [0.1, 0.15) is 6.61 Å². The van der Waals surface area contributed by atoms with Crippen LogP contribution in [0.25, 0.3) is 0 Å². The number of esters is 1. The molecule has 1 aromatic carbocycles. The molecule has 1 fully saturated rings. The number of nitro groups is 1. The van der Waals surface area contributed by atoms with Crippen molar-refractivity contribution in [2.24, 2.45) is 0 Å². The Morgan fingerprint density at radius 1 is 1.50 bits per heavy atom. The Bertz CT molecular complexity index is 458. The Morgan fingerprint density at radius 2 is 2.11 bits per heavy atom. The van der Waals surface area contributed by atoms with Crippen LogP contribution in [0.2, 0.25) is 0 Å². The second kappa shape index (κ2) is 5.14. The average molecular weight is 250 g/mol. The minimum Gasteiger partial charge on any atom is -0.461 e. The molecule has 6 heteroatoms. The van der Waals surface area contributed by atoms with Crippen molar-refractivity contribution in [2.45, 2.75) is 13.0 Å². The van der Waals surface area contributed by atoms with Gasteiger partial charge in [0.05, 0.1) is 10.5 Å². The Balaban J connectivity index is 1.82. The van der Waals surface area contributed by atoms with Crippen LogP contribution in [0, 0.1) is 10.1 Å². The van der Waals surface area contributed by atoms with Crippen LogP contribution in [0.3, 0.4) is 0 Å². The van der Waals surface area contributed by atoms with Gasteiger partial charge in [-0.1, -0.05) is 0 Å². The number of benzene rings is 1. The molecule has 1 heterocycles. The summed E-state index contributed by atoms with van der Waals surface area (Å²) in [6.45, 7) is 4.24. The zero-order valence-corrected chi connectivity index (χ0v) is 10.0. The predicted molar refractivity (Wildman–Crippen MR) is 64.4 cm³/mol. The lowest BCUT2D eigenvalue weighted by atomic mass is 10.2.